The molecule has 0 saturated heterocycles. The number of aromatic hydroxyl groups is 3. The van der Waals surface area contributed by atoms with Crippen LogP contribution in [0.25, 0.3) is 11.1 Å². The summed E-state index contributed by atoms with van der Waals surface area (Å²) in [6, 6.07) is 7.96. The first-order chi connectivity index (χ1) is 8.18. The van der Waals surface area contributed by atoms with E-state index >= 15 is 0 Å². The van der Waals surface area contributed by atoms with Gasteiger partial charge in [-0.05, 0) is 18.2 Å². The third kappa shape index (κ3) is 1.30. The molecule has 0 spiro atoms. The van der Waals surface area contributed by atoms with Crippen LogP contribution in [0.3, 0.4) is 0 Å². The zero-order valence-corrected chi connectivity index (χ0v) is 8.84. The third-order valence-corrected chi connectivity index (χ3v) is 2.88. The van der Waals surface area contributed by atoms with Crippen molar-refractivity contribution in [2.45, 2.75) is 6.61 Å². The number of ether oxygens (including phenoxy) is 1. The zero-order chi connectivity index (χ0) is 12.0. The minimum atomic E-state index is -0.228. The van der Waals surface area contributed by atoms with Gasteiger partial charge in [-0.25, -0.2) is 0 Å². The van der Waals surface area contributed by atoms with E-state index in [2.05, 4.69) is 0 Å². The molecule has 3 rings (SSSR count). The Bertz CT molecular complexity index is 605. The van der Waals surface area contributed by atoms with E-state index < -0.39 is 0 Å². The summed E-state index contributed by atoms with van der Waals surface area (Å²) in [6.07, 6.45) is 0. The Kier molecular flexibility index (Phi) is 1.92. The maximum absolute atomic E-state index is 9.90. The van der Waals surface area contributed by atoms with Gasteiger partial charge in [0.15, 0.2) is 11.5 Å². The highest BCUT2D eigenvalue weighted by atomic mass is 16.5. The molecule has 17 heavy (non-hydrogen) atoms. The molecule has 0 bridgehead atoms. The summed E-state index contributed by atoms with van der Waals surface area (Å²) in [5.41, 5.74) is 1.58. The van der Waals surface area contributed by atoms with Crippen LogP contribution >= 0.6 is 0 Å². The molecule has 0 radical (unpaired) electrons. The quantitative estimate of drug-likeness (QED) is 0.607. The molecule has 86 valence electrons. The molecule has 2 aromatic carbocycles. The second-order valence-electron chi connectivity index (χ2n) is 3.91. The highest BCUT2D eigenvalue weighted by Crippen LogP contribution is 2.49. The van der Waals surface area contributed by atoms with Gasteiger partial charge in [-0.1, -0.05) is 12.1 Å². The Hall–Kier alpha value is -2.36. The van der Waals surface area contributed by atoms with Crippen molar-refractivity contribution in [3.63, 3.8) is 0 Å². The Labute approximate surface area is 97.3 Å². The lowest BCUT2D eigenvalue weighted by Crippen LogP contribution is -2.05. The minimum Gasteiger partial charge on any atom is -0.507 e. The van der Waals surface area contributed by atoms with Gasteiger partial charge in [-0.15, -0.1) is 0 Å². The maximum Gasteiger partial charge on any atom is 0.166 e. The van der Waals surface area contributed by atoms with E-state index in [9.17, 15) is 15.3 Å². The molecule has 0 saturated carbocycles. The number of benzene rings is 2. The van der Waals surface area contributed by atoms with Gasteiger partial charge in [-0.3, -0.25) is 0 Å². The second-order valence-corrected chi connectivity index (χ2v) is 3.91. The van der Waals surface area contributed by atoms with Gasteiger partial charge in [0.2, 0.25) is 0 Å². The van der Waals surface area contributed by atoms with E-state index in [0.29, 0.717) is 23.5 Å². The van der Waals surface area contributed by atoms with Crippen LogP contribution in [0.15, 0.2) is 30.3 Å². The van der Waals surface area contributed by atoms with Gasteiger partial charge in [0.25, 0.3) is 0 Å². The smallest absolute Gasteiger partial charge is 0.166 e. The monoisotopic (exact) mass is 230 g/mol. The summed E-state index contributed by atoms with van der Waals surface area (Å²) in [7, 11) is 0. The molecule has 1 aliphatic heterocycles. The number of hydrogen-bond acceptors (Lipinski definition) is 4. The molecule has 0 aromatic heterocycles. The number of phenols is 3. The fourth-order valence-electron chi connectivity index (χ4n) is 2.07. The number of fused-ring (bicyclic) bond motifs is 3. The Morgan fingerprint density at radius 1 is 0.882 bits per heavy atom. The van der Waals surface area contributed by atoms with Crippen LogP contribution in [-0.2, 0) is 6.61 Å². The predicted octanol–water partition coefficient (Wildman–Crippen LogP) is 2.36. The van der Waals surface area contributed by atoms with Crippen molar-refractivity contribution < 1.29 is 20.1 Å². The molecule has 0 fully saturated rings. The normalized spacial score (nSPS) is 12.5. The third-order valence-electron chi connectivity index (χ3n) is 2.88. The average molecular weight is 230 g/mol. The first kappa shape index (κ1) is 9.84. The average Bonchev–Trinajstić information content (AvgIpc) is 2.34. The first-order valence-corrected chi connectivity index (χ1v) is 5.17. The van der Waals surface area contributed by atoms with Crippen LogP contribution in [-0.4, -0.2) is 15.3 Å². The summed E-state index contributed by atoms with van der Waals surface area (Å²) in [6.45, 7) is 0.305. The van der Waals surface area contributed by atoms with Crippen molar-refractivity contribution in [3.05, 3.63) is 35.9 Å². The number of phenolic OH excluding ortho intramolecular Hbond substituents is 3. The molecule has 2 aromatic rings. The molecule has 1 aliphatic rings. The second kappa shape index (κ2) is 3.31. The van der Waals surface area contributed by atoms with E-state index in [1.807, 2.05) is 0 Å². The van der Waals surface area contributed by atoms with Crippen LogP contribution in [0.2, 0.25) is 0 Å². The number of hydrogen-bond donors (Lipinski definition) is 3. The summed E-state index contributed by atoms with van der Waals surface area (Å²) < 4.78 is 5.47. The molecule has 3 N–H and O–H groups in total. The molecule has 1 heterocycles. The van der Waals surface area contributed by atoms with E-state index in [1.54, 1.807) is 18.2 Å². The molecular weight excluding hydrogens is 220 g/mol. The molecule has 0 atom stereocenters. The van der Waals surface area contributed by atoms with Crippen LogP contribution in [0.1, 0.15) is 5.56 Å². The van der Waals surface area contributed by atoms with Crippen molar-refractivity contribution in [3.8, 4) is 34.1 Å². The Balaban J connectivity index is 2.39. The molecular formula is C13H10O4. The van der Waals surface area contributed by atoms with Crippen molar-refractivity contribution in [2.24, 2.45) is 0 Å². The molecule has 0 amide bonds. The minimum absolute atomic E-state index is 0.0179. The fourth-order valence-corrected chi connectivity index (χ4v) is 2.07. The van der Waals surface area contributed by atoms with Gasteiger partial charge < -0.3 is 20.1 Å². The standard InChI is InChI=1S/C13H10O4/c14-8-2-1-3-10-12(8)11-7(6-17-10)4-5-9(15)13(11)16/h1-5,14-16H,6H2. The summed E-state index contributed by atoms with van der Waals surface area (Å²) in [4.78, 5) is 0. The van der Waals surface area contributed by atoms with E-state index in [4.69, 9.17) is 4.74 Å². The van der Waals surface area contributed by atoms with E-state index in [0.717, 1.165) is 5.56 Å². The van der Waals surface area contributed by atoms with Crippen LogP contribution < -0.4 is 4.74 Å². The lowest BCUT2D eigenvalue weighted by Gasteiger charge is -2.22. The van der Waals surface area contributed by atoms with Crippen molar-refractivity contribution in [1.29, 1.82) is 0 Å². The summed E-state index contributed by atoms with van der Waals surface area (Å²) in [5.74, 6) is 0.0798. The highest BCUT2D eigenvalue weighted by molar-refractivity contribution is 5.85. The zero-order valence-electron chi connectivity index (χ0n) is 8.84. The molecule has 4 heteroatoms. The van der Waals surface area contributed by atoms with Gasteiger partial charge in [0.05, 0.1) is 5.56 Å². The van der Waals surface area contributed by atoms with Crippen molar-refractivity contribution in [1.82, 2.24) is 0 Å². The highest BCUT2D eigenvalue weighted by Gasteiger charge is 2.24. The summed E-state index contributed by atoms with van der Waals surface area (Å²) in [5, 5.41) is 29.3. The van der Waals surface area contributed by atoms with Gasteiger partial charge in [0, 0.05) is 11.1 Å². The van der Waals surface area contributed by atoms with Crippen LogP contribution in [0.5, 0.6) is 23.0 Å². The van der Waals surface area contributed by atoms with Crippen LogP contribution in [0, 0.1) is 0 Å². The van der Waals surface area contributed by atoms with Gasteiger partial charge >= 0.3 is 0 Å². The lowest BCUT2D eigenvalue weighted by molar-refractivity contribution is 0.298. The maximum atomic E-state index is 9.90. The molecule has 0 unspecified atom stereocenters. The first-order valence-electron chi connectivity index (χ1n) is 5.17. The van der Waals surface area contributed by atoms with Crippen molar-refractivity contribution >= 4 is 0 Å². The largest absolute Gasteiger partial charge is 0.507 e. The Morgan fingerprint density at radius 3 is 2.53 bits per heavy atom. The fraction of sp³-hybridized carbons (Fsp3) is 0.0769. The lowest BCUT2D eigenvalue weighted by atomic mass is 9.95. The molecule has 0 aliphatic carbocycles. The number of rotatable bonds is 0. The van der Waals surface area contributed by atoms with E-state index in [1.165, 1.54) is 12.1 Å². The van der Waals surface area contributed by atoms with Crippen molar-refractivity contribution in [2.75, 3.05) is 0 Å². The van der Waals surface area contributed by atoms with E-state index in [-0.39, 0.29) is 17.2 Å². The summed E-state index contributed by atoms with van der Waals surface area (Å²) >= 11 is 0. The Morgan fingerprint density at radius 2 is 1.71 bits per heavy atom. The SMILES string of the molecule is Oc1ccc2c(c1O)-c1c(O)cccc1OC2. The van der Waals surface area contributed by atoms with Gasteiger partial charge in [0.1, 0.15) is 18.1 Å². The topological polar surface area (TPSA) is 69.9 Å². The molecule has 4 nitrogen and oxygen atoms in total. The van der Waals surface area contributed by atoms with Gasteiger partial charge in [-0.2, -0.15) is 0 Å². The van der Waals surface area contributed by atoms with Crippen LogP contribution in [0.4, 0.5) is 0 Å². The predicted molar refractivity (Wildman–Crippen MR) is 61.2 cm³/mol.